The third-order valence-electron chi connectivity index (χ3n) is 1.71. The molecular formula is C8H20N2. The Morgan fingerprint density at radius 2 is 2.00 bits per heavy atom. The highest BCUT2D eigenvalue weighted by Gasteiger charge is 2.02. The Kier molecular flexibility index (Phi) is 5.64. The highest BCUT2D eigenvalue weighted by Crippen LogP contribution is 1.93. The fraction of sp³-hybridized carbons (Fsp3) is 1.00. The summed E-state index contributed by atoms with van der Waals surface area (Å²) in [5, 5.41) is 3.31. The van der Waals surface area contributed by atoms with Crippen LogP contribution < -0.4 is 11.1 Å². The summed E-state index contributed by atoms with van der Waals surface area (Å²) in [5.41, 5.74) is 5.75. The van der Waals surface area contributed by atoms with Gasteiger partial charge in [0.1, 0.15) is 0 Å². The van der Waals surface area contributed by atoms with Gasteiger partial charge in [0, 0.05) is 6.04 Å². The van der Waals surface area contributed by atoms with E-state index in [1.165, 1.54) is 0 Å². The summed E-state index contributed by atoms with van der Waals surface area (Å²) in [5.74, 6) is 0. The van der Waals surface area contributed by atoms with Crippen LogP contribution in [-0.2, 0) is 0 Å². The molecule has 0 rings (SSSR count). The molecule has 2 unspecified atom stereocenters. The van der Waals surface area contributed by atoms with Crippen LogP contribution in [0.25, 0.3) is 0 Å². The van der Waals surface area contributed by atoms with Crippen LogP contribution in [-0.4, -0.2) is 12.2 Å². The van der Waals surface area contributed by atoms with E-state index in [4.69, 9.17) is 5.73 Å². The Morgan fingerprint density at radius 3 is 2.40 bits per heavy atom. The van der Waals surface area contributed by atoms with Crippen molar-refractivity contribution in [3.63, 3.8) is 0 Å². The number of nitrogens with two attached hydrogens (primary N) is 1. The van der Waals surface area contributed by atoms with Crippen molar-refractivity contribution < 1.29 is 0 Å². The van der Waals surface area contributed by atoms with Gasteiger partial charge in [0.2, 0.25) is 0 Å². The molecule has 0 saturated heterocycles. The second-order valence-electron chi connectivity index (χ2n) is 2.87. The van der Waals surface area contributed by atoms with Crippen LogP contribution >= 0.6 is 0 Å². The Labute approximate surface area is 64.2 Å². The number of rotatable bonds is 5. The Morgan fingerprint density at radius 1 is 1.40 bits per heavy atom. The normalized spacial score (nSPS) is 16.8. The highest BCUT2D eigenvalue weighted by atomic mass is 15.0. The quantitative estimate of drug-likeness (QED) is 0.573. The summed E-state index contributed by atoms with van der Waals surface area (Å²) in [6.45, 7) is 6.48. The maximum absolute atomic E-state index is 5.75. The third-order valence-corrected chi connectivity index (χ3v) is 1.71. The smallest absolute Gasteiger partial charge is 0.0548 e. The highest BCUT2D eigenvalue weighted by molar-refractivity contribution is 4.63. The van der Waals surface area contributed by atoms with Crippen molar-refractivity contribution in [1.82, 2.24) is 5.32 Å². The Hall–Kier alpha value is -0.0800. The molecule has 2 heteroatoms. The van der Waals surface area contributed by atoms with Crippen LogP contribution in [0.4, 0.5) is 0 Å². The van der Waals surface area contributed by atoms with Crippen molar-refractivity contribution in [1.29, 1.82) is 0 Å². The van der Waals surface area contributed by atoms with E-state index in [0.29, 0.717) is 6.04 Å². The first-order valence-corrected chi connectivity index (χ1v) is 4.22. The molecule has 0 fully saturated rings. The van der Waals surface area contributed by atoms with Gasteiger partial charge in [-0.15, -0.1) is 0 Å². The molecule has 2 nitrogen and oxygen atoms in total. The van der Waals surface area contributed by atoms with Gasteiger partial charge >= 0.3 is 0 Å². The summed E-state index contributed by atoms with van der Waals surface area (Å²) in [6, 6.07) is 0.557. The summed E-state index contributed by atoms with van der Waals surface area (Å²) in [4.78, 5) is 0. The molecule has 0 aromatic rings. The minimum absolute atomic E-state index is 0.194. The number of hydrogen-bond donors (Lipinski definition) is 2. The second-order valence-corrected chi connectivity index (χ2v) is 2.87. The van der Waals surface area contributed by atoms with Gasteiger partial charge in [0.05, 0.1) is 6.17 Å². The van der Waals surface area contributed by atoms with E-state index >= 15 is 0 Å². The van der Waals surface area contributed by atoms with Gasteiger partial charge in [-0.1, -0.05) is 20.3 Å². The number of hydrogen-bond acceptors (Lipinski definition) is 2. The van der Waals surface area contributed by atoms with Crippen LogP contribution in [0.5, 0.6) is 0 Å². The van der Waals surface area contributed by atoms with Crippen LogP contribution in [0.15, 0.2) is 0 Å². The summed E-state index contributed by atoms with van der Waals surface area (Å²) in [6.07, 6.45) is 3.58. The van der Waals surface area contributed by atoms with Crippen LogP contribution in [0.2, 0.25) is 0 Å². The largest absolute Gasteiger partial charge is 0.316 e. The van der Waals surface area contributed by atoms with Gasteiger partial charge < -0.3 is 5.73 Å². The average Bonchev–Trinajstić information content (AvgIpc) is 1.88. The van der Waals surface area contributed by atoms with Crippen LogP contribution in [0.1, 0.15) is 40.0 Å². The van der Waals surface area contributed by atoms with Crippen molar-refractivity contribution >= 4 is 0 Å². The maximum Gasteiger partial charge on any atom is 0.0548 e. The minimum atomic E-state index is 0.194. The lowest BCUT2D eigenvalue weighted by molar-refractivity contribution is 0.422. The maximum atomic E-state index is 5.75. The summed E-state index contributed by atoms with van der Waals surface area (Å²) < 4.78 is 0. The van der Waals surface area contributed by atoms with E-state index in [1.807, 2.05) is 0 Å². The minimum Gasteiger partial charge on any atom is -0.316 e. The van der Waals surface area contributed by atoms with Gasteiger partial charge in [-0.25, -0.2) is 0 Å². The van der Waals surface area contributed by atoms with E-state index in [2.05, 4.69) is 26.1 Å². The first-order chi connectivity index (χ1) is 4.70. The van der Waals surface area contributed by atoms with E-state index in [1.54, 1.807) is 0 Å². The average molecular weight is 144 g/mol. The molecule has 0 amide bonds. The molecule has 0 aromatic heterocycles. The first kappa shape index (κ1) is 9.92. The molecule has 10 heavy (non-hydrogen) atoms. The predicted molar refractivity (Wildman–Crippen MR) is 45.8 cm³/mol. The molecule has 0 aliphatic heterocycles. The van der Waals surface area contributed by atoms with E-state index in [9.17, 15) is 0 Å². The lowest BCUT2D eigenvalue weighted by Crippen LogP contribution is -2.42. The molecule has 0 aliphatic rings. The topological polar surface area (TPSA) is 38.0 Å². The van der Waals surface area contributed by atoms with Crippen molar-refractivity contribution in [2.45, 2.75) is 52.2 Å². The lowest BCUT2D eigenvalue weighted by atomic mass is 10.2. The zero-order valence-electron chi connectivity index (χ0n) is 7.35. The molecule has 62 valence electrons. The van der Waals surface area contributed by atoms with Gasteiger partial charge in [-0.3, -0.25) is 5.32 Å². The van der Waals surface area contributed by atoms with Crippen molar-refractivity contribution in [3.8, 4) is 0 Å². The molecule has 0 heterocycles. The molecule has 0 aromatic carbocycles. The molecule has 0 radical (unpaired) electrons. The summed E-state index contributed by atoms with van der Waals surface area (Å²) in [7, 11) is 0. The summed E-state index contributed by atoms with van der Waals surface area (Å²) >= 11 is 0. The lowest BCUT2D eigenvalue weighted by Gasteiger charge is -2.17. The Bertz CT molecular complexity index is 73.7. The zero-order chi connectivity index (χ0) is 7.98. The van der Waals surface area contributed by atoms with Crippen molar-refractivity contribution in [3.05, 3.63) is 0 Å². The van der Waals surface area contributed by atoms with Crippen molar-refractivity contribution in [2.24, 2.45) is 5.73 Å². The van der Waals surface area contributed by atoms with E-state index in [-0.39, 0.29) is 6.17 Å². The molecule has 2 atom stereocenters. The third kappa shape index (κ3) is 4.77. The van der Waals surface area contributed by atoms with E-state index in [0.717, 1.165) is 19.3 Å². The second kappa shape index (κ2) is 5.69. The Balaban J connectivity index is 3.27. The van der Waals surface area contributed by atoms with Gasteiger partial charge in [-0.2, -0.15) is 0 Å². The molecule has 0 aliphatic carbocycles. The van der Waals surface area contributed by atoms with Crippen molar-refractivity contribution in [2.75, 3.05) is 0 Å². The van der Waals surface area contributed by atoms with E-state index < -0.39 is 0 Å². The molecule has 0 spiro atoms. The molecule has 0 saturated carbocycles. The molecular weight excluding hydrogens is 124 g/mol. The molecule has 3 N–H and O–H groups in total. The van der Waals surface area contributed by atoms with Gasteiger partial charge in [0.25, 0.3) is 0 Å². The van der Waals surface area contributed by atoms with Gasteiger partial charge in [-0.05, 0) is 19.8 Å². The standard InChI is InChI=1S/C8H20N2/c1-4-6-8(9)10-7(3)5-2/h7-8,10H,4-6,9H2,1-3H3. The fourth-order valence-corrected chi connectivity index (χ4v) is 0.878. The number of nitrogens with one attached hydrogen (secondary N) is 1. The zero-order valence-corrected chi connectivity index (χ0v) is 7.35. The predicted octanol–water partition coefficient (Wildman–Crippen LogP) is 1.46. The molecule has 0 bridgehead atoms. The fourth-order valence-electron chi connectivity index (χ4n) is 0.878. The monoisotopic (exact) mass is 144 g/mol. The van der Waals surface area contributed by atoms with Crippen LogP contribution in [0.3, 0.4) is 0 Å². The van der Waals surface area contributed by atoms with Gasteiger partial charge in [0.15, 0.2) is 0 Å². The van der Waals surface area contributed by atoms with Crippen LogP contribution in [0, 0.1) is 0 Å². The SMILES string of the molecule is CCCC(N)NC(C)CC. The first-order valence-electron chi connectivity index (χ1n) is 4.22.